The molecule has 3 nitrogen and oxygen atoms in total. The molecule has 1 heterocycles. The molecule has 0 unspecified atom stereocenters. The summed E-state index contributed by atoms with van der Waals surface area (Å²) in [5, 5.41) is 5.05. The summed E-state index contributed by atoms with van der Waals surface area (Å²) in [5.41, 5.74) is 2.32. The first kappa shape index (κ1) is 16.0. The van der Waals surface area contributed by atoms with E-state index in [2.05, 4.69) is 29.4 Å². The Bertz CT molecular complexity index is 569. The number of carbonyl (C=O) groups excluding carboxylic acids is 1. The second kappa shape index (κ2) is 8.20. The van der Waals surface area contributed by atoms with Gasteiger partial charge in [-0.05, 0) is 32.3 Å². The lowest BCUT2D eigenvalue weighted by molar-refractivity contribution is -0.119. The summed E-state index contributed by atoms with van der Waals surface area (Å²) < 4.78 is 0.958. The van der Waals surface area contributed by atoms with Crippen LogP contribution in [0.3, 0.4) is 0 Å². The molecule has 0 aliphatic carbocycles. The first-order valence-electron chi connectivity index (χ1n) is 7.01. The molecule has 1 aromatic carbocycles. The van der Waals surface area contributed by atoms with E-state index in [1.807, 2.05) is 30.5 Å². The van der Waals surface area contributed by atoms with Crippen molar-refractivity contribution >= 4 is 29.0 Å². The Morgan fingerprint density at radius 3 is 2.81 bits per heavy atom. The minimum Gasteiger partial charge on any atom is -0.353 e. The number of amides is 1. The molecule has 1 N–H and O–H groups in total. The summed E-state index contributed by atoms with van der Waals surface area (Å²) in [5.74, 6) is 0.510. The van der Waals surface area contributed by atoms with E-state index >= 15 is 0 Å². The fourth-order valence-electron chi connectivity index (χ4n) is 1.94. The van der Waals surface area contributed by atoms with E-state index in [0.29, 0.717) is 5.75 Å². The second-order valence-corrected chi connectivity index (χ2v) is 7.12. The average Bonchev–Trinajstić information content (AvgIpc) is 2.90. The van der Waals surface area contributed by atoms with Crippen molar-refractivity contribution in [2.75, 3.05) is 5.75 Å². The van der Waals surface area contributed by atoms with Gasteiger partial charge in [-0.2, -0.15) is 0 Å². The molecule has 2 aromatic rings. The summed E-state index contributed by atoms with van der Waals surface area (Å²) in [6, 6.07) is 10.5. The Hall–Kier alpha value is -1.33. The van der Waals surface area contributed by atoms with Gasteiger partial charge in [0.25, 0.3) is 0 Å². The van der Waals surface area contributed by atoms with Crippen molar-refractivity contribution in [3.8, 4) is 0 Å². The summed E-state index contributed by atoms with van der Waals surface area (Å²) in [4.78, 5) is 16.2. The van der Waals surface area contributed by atoms with Crippen molar-refractivity contribution in [3.05, 3.63) is 47.0 Å². The number of thiazole rings is 1. The monoisotopic (exact) mass is 320 g/mol. The average molecular weight is 320 g/mol. The fourth-order valence-corrected chi connectivity index (χ4v) is 3.60. The van der Waals surface area contributed by atoms with Gasteiger partial charge in [0, 0.05) is 17.1 Å². The van der Waals surface area contributed by atoms with Crippen LogP contribution in [0, 0.1) is 6.92 Å². The highest BCUT2D eigenvalue weighted by Gasteiger charge is 2.09. The van der Waals surface area contributed by atoms with Gasteiger partial charge in [0.1, 0.15) is 0 Å². The van der Waals surface area contributed by atoms with E-state index in [-0.39, 0.29) is 11.9 Å². The third kappa shape index (κ3) is 5.89. The van der Waals surface area contributed by atoms with Gasteiger partial charge in [0.05, 0.1) is 5.75 Å². The normalized spacial score (nSPS) is 12.1. The molecule has 1 amide bonds. The lowest BCUT2D eigenvalue weighted by Crippen LogP contribution is -2.34. The Balaban J connectivity index is 1.67. The number of hydrogen-bond acceptors (Lipinski definition) is 4. The van der Waals surface area contributed by atoms with Crippen LogP contribution in [0.4, 0.5) is 0 Å². The molecule has 0 spiro atoms. The minimum absolute atomic E-state index is 0.0772. The van der Waals surface area contributed by atoms with Crippen LogP contribution >= 0.6 is 23.1 Å². The number of aromatic nitrogens is 1. The van der Waals surface area contributed by atoms with E-state index in [0.717, 1.165) is 22.9 Å². The number of thioether (sulfide) groups is 1. The predicted octanol–water partition coefficient (Wildman–Crippen LogP) is 3.68. The van der Waals surface area contributed by atoms with Crippen molar-refractivity contribution < 1.29 is 4.79 Å². The number of aryl methyl sites for hydroxylation is 2. The summed E-state index contributed by atoms with van der Waals surface area (Å²) in [6.45, 7) is 4.02. The van der Waals surface area contributed by atoms with Gasteiger partial charge in [-0.25, -0.2) is 4.98 Å². The zero-order chi connectivity index (χ0) is 15.1. The van der Waals surface area contributed by atoms with Gasteiger partial charge >= 0.3 is 0 Å². The van der Waals surface area contributed by atoms with Crippen LogP contribution in [0.5, 0.6) is 0 Å². The van der Waals surface area contributed by atoms with Crippen molar-refractivity contribution in [1.82, 2.24) is 10.3 Å². The lowest BCUT2D eigenvalue weighted by atomic mass is 10.1. The third-order valence-corrected chi connectivity index (χ3v) is 5.18. The smallest absolute Gasteiger partial charge is 0.230 e. The molecule has 0 radical (unpaired) electrons. The van der Waals surface area contributed by atoms with Crippen molar-refractivity contribution in [2.24, 2.45) is 0 Å². The predicted molar refractivity (Wildman–Crippen MR) is 89.9 cm³/mol. The highest BCUT2D eigenvalue weighted by atomic mass is 32.2. The molecular weight excluding hydrogens is 300 g/mol. The lowest BCUT2D eigenvalue weighted by Gasteiger charge is -2.13. The topological polar surface area (TPSA) is 42.0 Å². The molecule has 0 fully saturated rings. The molecule has 1 atom stereocenters. The molecule has 21 heavy (non-hydrogen) atoms. The van der Waals surface area contributed by atoms with Crippen molar-refractivity contribution in [2.45, 2.75) is 37.1 Å². The first-order valence-corrected chi connectivity index (χ1v) is 8.88. The highest BCUT2D eigenvalue weighted by molar-refractivity contribution is 8.01. The maximum atomic E-state index is 11.9. The highest BCUT2D eigenvalue weighted by Crippen LogP contribution is 2.21. The molecule has 0 saturated heterocycles. The number of rotatable bonds is 7. The third-order valence-electron chi connectivity index (χ3n) is 3.04. The van der Waals surface area contributed by atoms with Gasteiger partial charge < -0.3 is 5.32 Å². The van der Waals surface area contributed by atoms with Gasteiger partial charge in [-0.15, -0.1) is 11.3 Å². The maximum absolute atomic E-state index is 11.9. The first-order chi connectivity index (χ1) is 10.1. The van der Waals surface area contributed by atoms with Crippen LogP contribution in [0.25, 0.3) is 0 Å². The minimum atomic E-state index is 0.0772. The van der Waals surface area contributed by atoms with E-state index in [9.17, 15) is 4.79 Å². The van der Waals surface area contributed by atoms with Crippen molar-refractivity contribution in [1.29, 1.82) is 0 Å². The van der Waals surface area contributed by atoms with E-state index in [4.69, 9.17) is 0 Å². The molecule has 0 aliphatic rings. The van der Waals surface area contributed by atoms with Gasteiger partial charge in [-0.1, -0.05) is 42.1 Å². The second-order valence-electron chi connectivity index (χ2n) is 5.04. The zero-order valence-electron chi connectivity index (χ0n) is 12.3. The molecule has 112 valence electrons. The number of benzene rings is 1. The van der Waals surface area contributed by atoms with Gasteiger partial charge in [0.2, 0.25) is 5.91 Å². The molecule has 0 aliphatic heterocycles. The SMILES string of the molecule is Cc1csc(SCC(=O)N[C@H](C)CCc2ccccc2)n1. The van der Waals surface area contributed by atoms with Crippen LogP contribution in [-0.2, 0) is 11.2 Å². The van der Waals surface area contributed by atoms with E-state index < -0.39 is 0 Å². The van der Waals surface area contributed by atoms with E-state index in [1.54, 1.807) is 11.3 Å². The number of nitrogens with one attached hydrogen (secondary N) is 1. The molecule has 5 heteroatoms. The Labute approximate surface area is 134 Å². The Morgan fingerprint density at radius 1 is 1.38 bits per heavy atom. The quantitative estimate of drug-likeness (QED) is 0.791. The molecule has 0 bridgehead atoms. The Morgan fingerprint density at radius 2 is 2.14 bits per heavy atom. The van der Waals surface area contributed by atoms with Gasteiger partial charge in [0.15, 0.2) is 4.34 Å². The summed E-state index contributed by atoms with van der Waals surface area (Å²) in [7, 11) is 0. The Kier molecular flexibility index (Phi) is 6.26. The molecule has 1 aromatic heterocycles. The summed E-state index contributed by atoms with van der Waals surface area (Å²) >= 11 is 3.09. The van der Waals surface area contributed by atoms with Crippen LogP contribution in [0.2, 0.25) is 0 Å². The van der Waals surface area contributed by atoms with Crippen LogP contribution in [-0.4, -0.2) is 22.7 Å². The largest absolute Gasteiger partial charge is 0.353 e. The molecular formula is C16H20N2OS2. The van der Waals surface area contributed by atoms with Crippen LogP contribution in [0.1, 0.15) is 24.6 Å². The zero-order valence-corrected chi connectivity index (χ0v) is 14.0. The van der Waals surface area contributed by atoms with Crippen LogP contribution in [0.15, 0.2) is 40.1 Å². The van der Waals surface area contributed by atoms with Gasteiger partial charge in [-0.3, -0.25) is 4.79 Å². The molecule has 0 saturated carbocycles. The van der Waals surface area contributed by atoms with E-state index in [1.165, 1.54) is 17.3 Å². The van der Waals surface area contributed by atoms with Crippen LogP contribution < -0.4 is 5.32 Å². The number of nitrogens with zero attached hydrogens (tertiary/aromatic N) is 1. The number of carbonyl (C=O) groups is 1. The summed E-state index contributed by atoms with van der Waals surface area (Å²) in [6.07, 6.45) is 1.94. The van der Waals surface area contributed by atoms with Crippen molar-refractivity contribution in [3.63, 3.8) is 0 Å². The fraction of sp³-hybridized carbons (Fsp3) is 0.375. The molecule has 2 rings (SSSR count). The number of hydrogen-bond donors (Lipinski definition) is 1. The maximum Gasteiger partial charge on any atom is 0.230 e. The standard InChI is InChI=1S/C16H20N2OS2/c1-12(8-9-14-6-4-3-5-7-14)17-15(19)11-21-16-18-13(2)10-20-16/h3-7,10,12H,8-9,11H2,1-2H3,(H,17,19)/t12-/m1/s1.